The van der Waals surface area contributed by atoms with E-state index in [1.54, 1.807) is 24.3 Å². The molecule has 5 heteroatoms. The molecule has 0 aromatic heterocycles. The molecule has 0 fully saturated rings. The van der Waals surface area contributed by atoms with Crippen LogP contribution in [0.2, 0.25) is 0 Å². The molecule has 25 heavy (non-hydrogen) atoms. The lowest BCUT2D eigenvalue weighted by molar-refractivity contribution is -0.142. The molecule has 0 bridgehead atoms. The van der Waals surface area contributed by atoms with Crippen LogP contribution in [0.4, 0.5) is 0 Å². The third kappa shape index (κ3) is 5.36. The van der Waals surface area contributed by atoms with Crippen molar-refractivity contribution in [1.29, 1.82) is 0 Å². The van der Waals surface area contributed by atoms with E-state index in [1.165, 1.54) is 0 Å². The first-order chi connectivity index (χ1) is 12.0. The van der Waals surface area contributed by atoms with Crippen molar-refractivity contribution in [3.63, 3.8) is 0 Å². The Balaban J connectivity index is 2.18. The molecule has 2 aromatic carbocycles. The fourth-order valence-electron chi connectivity index (χ4n) is 2.74. The van der Waals surface area contributed by atoms with E-state index in [1.807, 2.05) is 43.3 Å². The molecule has 4 nitrogen and oxygen atoms in total. The van der Waals surface area contributed by atoms with Gasteiger partial charge in [0.05, 0.1) is 5.92 Å². The largest absolute Gasteiger partial charge is 0.479 e. The number of hydrogen-bond acceptors (Lipinski definition) is 3. The lowest BCUT2D eigenvalue weighted by Crippen LogP contribution is -2.41. The van der Waals surface area contributed by atoms with Crippen molar-refractivity contribution < 1.29 is 14.7 Å². The van der Waals surface area contributed by atoms with Crippen LogP contribution in [0, 0.1) is 5.92 Å². The Bertz CT molecular complexity index is 691. The van der Waals surface area contributed by atoms with E-state index in [0.29, 0.717) is 12.0 Å². The molecule has 3 atom stereocenters. The molecule has 2 aromatic rings. The summed E-state index contributed by atoms with van der Waals surface area (Å²) in [5, 5.41) is 12.0. The molecule has 2 N–H and O–H groups in total. The number of benzene rings is 2. The highest BCUT2D eigenvalue weighted by Crippen LogP contribution is 2.22. The first kappa shape index (κ1) is 19.1. The first-order valence-electron chi connectivity index (χ1n) is 8.33. The Morgan fingerprint density at radius 3 is 2.12 bits per heavy atom. The second-order valence-electron chi connectivity index (χ2n) is 5.96. The number of nitrogens with one attached hydrogen (secondary N) is 1. The van der Waals surface area contributed by atoms with Crippen LogP contribution in [0.3, 0.4) is 0 Å². The fraction of sp³-hybridized carbons (Fsp3) is 0.300. The minimum absolute atomic E-state index is 0.148. The lowest BCUT2D eigenvalue weighted by atomic mass is 9.93. The van der Waals surface area contributed by atoms with E-state index in [-0.39, 0.29) is 11.2 Å². The molecule has 2 rings (SSSR count). The number of carbonyl (C=O) groups excluding carboxylic acids is 1. The normalized spacial score (nSPS) is 14.3. The minimum Gasteiger partial charge on any atom is -0.479 e. The lowest BCUT2D eigenvalue weighted by Gasteiger charge is -2.24. The molecule has 0 aliphatic carbocycles. The van der Waals surface area contributed by atoms with Gasteiger partial charge in [0.25, 0.3) is 0 Å². The highest BCUT2D eigenvalue weighted by molar-refractivity contribution is 7.81. The van der Waals surface area contributed by atoms with Gasteiger partial charge in [0.15, 0.2) is 6.04 Å². The fourth-order valence-corrected chi connectivity index (χ4v) is 2.98. The smallest absolute Gasteiger partial charge is 0.330 e. The molecular formula is C20H23NO3S. The number of rotatable bonds is 8. The van der Waals surface area contributed by atoms with Gasteiger partial charge >= 0.3 is 5.97 Å². The third-order valence-electron chi connectivity index (χ3n) is 4.18. The Labute approximate surface area is 153 Å². The number of carboxylic acid groups (broad SMARTS) is 1. The Morgan fingerprint density at radius 2 is 1.60 bits per heavy atom. The second kappa shape index (κ2) is 9.28. The van der Waals surface area contributed by atoms with Gasteiger partial charge in [0, 0.05) is 5.25 Å². The number of amides is 1. The molecule has 0 aliphatic heterocycles. The van der Waals surface area contributed by atoms with Crippen LogP contribution in [0.25, 0.3) is 0 Å². The molecule has 2 unspecified atom stereocenters. The highest BCUT2D eigenvalue weighted by atomic mass is 32.1. The van der Waals surface area contributed by atoms with Gasteiger partial charge in [-0.05, 0) is 24.0 Å². The van der Waals surface area contributed by atoms with Gasteiger partial charge in [-0.25, -0.2) is 4.79 Å². The maximum Gasteiger partial charge on any atom is 0.330 e. The second-order valence-corrected chi connectivity index (χ2v) is 6.63. The van der Waals surface area contributed by atoms with Crippen LogP contribution in [-0.4, -0.2) is 22.2 Å². The van der Waals surface area contributed by atoms with Gasteiger partial charge in [-0.1, -0.05) is 67.6 Å². The summed E-state index contributed by atoms with van der Waals surface area (Å²) >= 11 is 4.55. The zero-order valence-corrected chi connectivity index (χ0v) is 15.0. The van der Waals surface area contributed by atoms with Gasteiger partial charge < -0.3 is 10.4 Å². The quantitative estimate of drug-likeness (QED) is 0.634. The summed E-state index contributed by atoms with van der Waals surface area (Å²) in [6.45, 7) is 1.97. The van der Waals surface area contributed by atoms with Crippen LogP contribution >= 0.6 is 12.6 Å². The van der Waals surface area contributed by atoms with Crippen molar-refractivity contribution in [2.24, 2.45) is 5.92 Å². The Hall–Kier alpha value is -2.27. The summed E-state index contributed by atoms with van der Waals surface area (Å²) < 4.78 is 0. The number of carboxylic acids is 1. The maximum absolute atomic E-state index is 12.8. The highest BCUT2D eigenvalue weighted by Gasteiger charge is 2.29. The topological polar surface area (TPSA) is 66.4 Å². The van der Waals surface area contributed by atoms with Crippen molar-refractivity contribution in [3.8, 4) is 0 Å². The SMILES string of the molecule is CCC(S)C(Cc1ccccc1)C(=O)N[C@@H](C(=O)O)c1ccccc1. The van der Waals surface area contributed by atoms with Crippen LogP contribution in [0.5, 0.6) is 0 Å². The molecule has 0 radical (unpaired) electrons. The summed E-state index contributed by atoms with van der Waals surface area (Å²) in [5.74, 6) is -1.77. The molecule has 0 heterocycles. The standard InChI is InChI=1S/C20H23NO3S/c1-2-17(25)16(13-14-9-5-3-6-10-14)19(22)21-18(20(23)24)15-11-7-4-8-12-15/h3-12,16-18,25H,2,13H2,1H3,(H,21,22)(H,23,24)/t16?,17?,18-/m1/s1. The first-order valence-corrected chi connectivity index (χ1v) is 8.84. The van der Waals surface area contributed by atoms with E-state index >= 15 is 0 Å². The van der Waals surface area contributed by atoms with Crippen molar-refractivity contribution in [2.75, 3.05) is 0 Å². The molecular weight excluding hydrogens is 334 g/mol. The predicted molar refractivity (Wildman–Crippen MR) is 102 cm³/mol. The third-order valence-corrected chi connectivity index (χ3v) is 4.91. The van der Waals surface area contributed by atoms with Crippen LogP contribution in [0.15, 0.2) is 60.7 Å². The molecule has 0 saturated heterocycles. The summed E-state index contributed by atoms with van der Waals surface area (Å²) in [6, 6.07) is 17.3. The van der Waals surface area contributed by atoms with Crippen LogP contribution in [0.1, 0.15) is 30.5 Å². The Kier molecular flexibility index (Phi) is 7.07. The van der Waals surface area contributed by atoms with Crippen LogP contribution in [-0.2, 0) is 16.0 Å². The van der Waals surface area contributed by atoms with Crippen molar-refractivity contribution in [3.05, 3.63) is 71.8 Å². The maximum atomic E-state index is 12.8. The Morgan fingerprint density at radius 1 is 1.04 bits per heavy atom. The van der Waals surface area contributed by atoms with Gasteiger partial charge in [0.1, 0.15) is 0 Å². The van der Waals surface area contributed by atoms with E-state index in [4.69, 9.17) is 0 Å². The number of hydrogen-bond donors (Lipinski definition) is 3. The van der Waals surface area contributed by atoms with E-state index in [9.17, 15) is 14.7 Å². The van der Waals surface area contributed by atoms with Gasteiger partial charge in [-0.3, -0.25) is 4.79 Å². The van der Waals surface area contributed by atoms with Crippen molar-refractivity contribution in [1.82, 2.24) is 5.32 Å². The molecule has 0 saturated carbocycles. The minimum atomic E-state index is -1.08. The summed E-state index contributed by atoms with van der Waals surface area (Å²) in [6.07, 6.45) is 1.24. The van der Waals surface area contributed by atoms with Crippen LogP contribution < -0.4 is 5.32 Å². The van der Waals surface area contributed by atoms with E-state index in [0.717, 1.165) is 12.0 Å². The molecule has 0 spiro atoms. The molecule has 1 amide bonds. The monoisotopic (exact) mass is 357 g/mol. The number of aliphatic carboxylic acids is 1. The summed E-state index contributed by atoms with van der Waals surface area (Å²) in [7, 11) is 0. The molecule has 132 valence electrons. The van der Waals surface area contributed by atoms with Gasteiger partial charge in [0.2, 0.25) is 5.91 Å². The molecule has 0 aliphatic rings. The average Bonchev–Trinajstić information content (AvgIpc) is 2.64. The summed E-state index contributed by atoms with van der Waals surface area (Å²) in [5.41, 5.74) is 1.58. The van der Waals surface area contributed by atoms with Gasteiger partial charge in [-0.2, -0.15) is 12.6 Å². The van der Waals surface area contributed by atoms with Gasteiger partial charge in [-0.15, -0.1) is 0 Å². The zero-order chi connectivity index (χ0) is 18.2. The van der Waals surface area contributed by atoms with E-state index < -0.39 is 17.9 Å². The number of carbonyl (C=O) groups is 2. The van der Waals surface area contributed by atoms with Crippen molar-refractivity contribution in [2.45, 2.75) is 31.1 Å². The van der Waals surface area contributed by atoms with E-state index in [2.05, 4.69) is 17.9 Å². The summed E-state index contributed by atoms with van der Waals surface area (Å²) in [4.78, 5) is 24.4. The van der Waals surface area contributed by atoms with Crippen molar-refractivity contribution >= 4 is 24.5 Å². The zero-order valence-electron chi connectivity index (χ0n) is 14.1. The predicted octanol–water partition coefficient (Wildman–Crippen LogP) is 3.50. The number of thiol groups is 1. The average molecular weight is 357 g/mol.